The molecule has 1 aliphatic rings. The van der Waals surface area contributed by atoms with Crippen molar-refractivity contribution in [1.29, 1.82) is 0 Å². The number of nitrogens with two attached hydrogens (primary N) is 1. The fourth-order valence-electron chi connectivity index (χ4n) is 2.60. The maximum atomic E-state index is 12.1. The van der Waals surface area contributed by atoms with E-state index in [-0.39, 0.29) is 5.92 Å². The smallest absolute Gasteiger partial charge is 0.140 e. The van der Waals surface area contributed by atoms with E-state index in [9.17, 15) is 4.79 Å². The first kappa shape index (κ1) is 12.7. The van der Waals surface area contributed by atoms with Gasteiger partial charge in [0, 0.05) is 18.4 Å². The van der Waals surface area contributed by atoms with Crippen LogP contribution in [0.25, 0.3) is 0 Å². The topological polar surface area (TPSA) is 43.1 Å². The third-order valence-electron chi connectivity index (χ3n) is 3.74. The minimum absolute atomic E-state index is 0.133. The molecule has 0 aromatic heterocycles. The van der Waals surface area contributed by atoms with Crippen molar-refractivity contribution in [3.05, 3.63) is 0 Å². The van der Waals surface area contributed by atoms with Gasteiger partial charge in [-0.2, -0.15) is 0 Å². The zero-order chi connectivity index (χ0) is 11.3. The van der Waals surface area contributed by atoms with E-state index < -0.39 is 0 Å². The summed E-state index contributed by atoms with van der Waals surface area (Å²) in [6, 6.07) is 0. The molecule has 0 heterocycles. The van der Waals surface area contributed by atoms with Gasteiger partial charge in [0.05, 0.1) is 0 Å². The number of rotatable bonds is 5. The molecule has 0 bridgehead atoms. The Kier molecular flexibility index (Phi) is 5.30. The van der Waals surface area contributed by atoms with Crippen molar-refractivity contribution in [2.75, 3.05) is 6.54 Å². The molecular weight excluding hydrogens is 186 g/mol. The lowest BCUT2D eigenvalue weighted by molar-refractivity contribution is -0.127. The third kappa shape index (κ3) is 3.60. The lowest BCUT2D eigenvalue weighted by Gasteiger charge is -2.27. The molecule has 1 atom stereocenters. The fourth-order valence-corrected chi connectivity index (χ4v) is 2.60. The highest BCUT2D eigenvalue weighted by molar-refractivity contribution is 5.83. The lowest BCUT2D eigenvalue weighted by Crippen LogP contribution is -2.31. The van der Waals surface area contributed by atoms with Crippen LogP contribution in [0, 0.1) is 17.8 Å². The van der Waals surface area contributed by atoms with Gasteiger partial charge < -0.3 is 5.73 Å². The molecule has 0 aromatic carbocycles. The Hall–Kier alpha value is -0.370. The van der Waals surface area contributed by atoms with Gasteiger partial charge in [0.1, 0.15) is 5.78 Å². The monoisotopic (exact) mass is 211 g/mol. The molecule has 2 nitrogen and oxygen atoms in total. The van der Waals surface area contributed by atoms with Gasteiger partial charge in [0.25, 0.3) is 0 Å². The summed E-state index contributed by atoms with van der Waals surface area (Å²) in [5.74, 6) is 1.72. The summed E-state index contributed by atoms with van der Waals surface area (Å²) in [4.78, 5) is 12.1. The number of Topliss-reactive ketones (excluding diaryl/α,β-unsaturated/α-hetero) is 1. The minimum atomic E-state index is 0.133. The predicted octanol–water partition coefficient (Wildman–Crippen LogP) is 2.76. The lowest BCUT2D eigenvalue weighted by atomic mass is 9.77. The van der Waals surface area contributed by atoms with E-state index in [0.717, 1.165) is 31.6 Å². The number of carbonyl (C=O) groups is 1. The average molecular weight is 211 g/mol. The molecule has 2 N–H and O–H groups in total. The molecule has 15 heavy (non-hydrogen) atoms. The van der Waals surface area contributed by atoms with Gasteiger partial charge in [-0.1, -0.05) is 33.1 Å². The van der Waals surface area contributed by atoms with Gasteiger partial charge >= 0.3 is 0 Å². The standard InChI is InChI=1S/C13H25NO/c1-3-4-12(9-14)13(15)11-7-5-10(2)6-8-11/h10-12H,3-9,14H2,1-2H3. The largest absolute Gasteiger partial charge is 0.330 e. The van der Waals surface area contributed by atoms with Gasteiger partial charge in [-0.3, -0.25) is 4.79 Å². The van der Waals surface area contributed by atoms with Crippen molar-refractivity contribution in [2.45, 2.75) is 52.4 Å². The molecule has 0 aliphatic heterocycles. The first-order chi connectivity index (χ1) is 7.19. The Morgan fingerprint density at radius 1 is 1.33 bits per heavy atom. The van der Waals surface area contributed by atoms with Crippen molar-refractivity contribution < 1.29 is 4.79 Å². The van der Waals surface area contributed by atoms with Gasteiger partial charge in [0.2, 0.25) is 0 Å². The van der Waals surface area contributed by atoms with Crippen LogP contribution in [-0.4, -0.2) is 12.3 Å². The molecule has 0 radical (unpaired) electrons. The normalized spacial score (nSPS) is 28.7. The van der Waals surface area contributed by atoms with Crippen LogP contribution in [0.15, 0.2) is 0 Å². The third-order valence-corrected chi connectivity index (χ3v) is 3.74. The average Bonchev–Trinajstić information content (AvgIpc) is 2.26. The van der Waals surface area contributed by atoms with Crippen LogP contribution in [0.1, 0.15) is 52.4 Å². The van der Waals surface area contributed by atoms with Gasteiger partial charge in [-0.05, 0) is 25.2 Å². The summed E-state index contributed by atoms with van der Waals surface area (Å²) in [5, 5.41) is 0. The Balaban J connectivity index is 2.44. The minimum Gasteiger partial charge on any atom is -0.330 e. The Bertz CT molecular complexity index is 195. The molecule has 0 amide bonds. The SMILES string of the molecule is CCCC(CN)C(=O)C1CCC(C)CC1. The molecular formula is C13H25NO. The summed E-state index contributed by atoms with van der Waals surface area (Å²) >= 11 is 0. The van der Waals surface area contributed by atoms with Crippen molar-refractivity contribution in [3.8, 4) is 0 Å². The van der Waals surface area contributed by atoms with Crippen molar-refractivity contribution in [2.24, 2.45) is 23.5 Å². The van der Waals surface area contributed by atoms with Crippen molar-refractivity contribution in [3.63, 3.8) is 0 Å². The first-order valence-corrected chi connectivity index (χ1v) is 6.42. The molecule has 1 aliphatic carbocycles. The zero-order valence-electron chi connectivity index (χ0n) is 10.2. The van der Waals surface area contributed by atoms with E-state index in [1.165, 1.54) is 12.8 Å². The first-order valence-electron chi connectivity index (χ1n) is 6.42. The highest BCUT2D eigenvalue weighted by Crippen LogP contribution is 2.31. The molecule has 1 saturated carbocycles. The molecule has 1 rings (SSSR count). The second kappa shape index (κ2) is 6.26. The molecule has 1 fully saturated rings. The van der Waals surface area contributed by atoms with Crippen LogP contribution in [0.2, 0.25) is 0 Å². The summed E-state index contributed by atoms with van der Waals surface area (Å²) in [6.45, 7) is 4.95. The highest BCUT2D eigenvalue weighted by Gasteiger charge is 2.28. The molecule has 2 heteroatoms. The molecule has 88 valence electrons. The maximum absolute atomic E-state index is 12.1. The number of hydrogen-bond acceptors (Lipinski definition) is 2. The summed E-state index contributed by atoms with van der Waals surface area (Å²) < 4.78 is 0. The van der Waals surface area contributed by atoms with Crippen LogP contribution in [-0.2, 0) is 4.79 Å². The van der Waals surface area contributed by atoms with Gasteiger partial charge in [-0.15, -0.1) is 0 Å². The van der Waals surface area contributed by atoms with Crippen LogP contribution in [0.5, 0.6) is 0 Å². The Morgan fingerprint density at radius 3 is 2.40 bits per heavy atom. The summed E-state index contributed by atoms with van der Waals surface area (Å²) in [6.07, 6.45) is 6.68. The van der Waals surface area contributed by atoms with E-state index >= 15 is 0 Å². The van der Waals surface area contributed by atoms with Crippen LogP contribution in [0.3, 0.4) is 0 Å². The number of hydrogen-bond donors (Lipinski definition) is 1. The zero-order valence-corrected chi connectivity index (χ0v) is 10.2. The molecule has 1 unspecified atom stereocenters. The molecule has 0 spiro atoms. The van der Waals surface area contributed by atoms with Crippen LogP contribution < -0.4 is 5.73 Å². The molecule has 0 aromatic rings. The fraction of sp³-hybridized carbons (Fsp3) is 0.923. The van der Waals surface area contributed by atoms with Crippen molar-refractivity contribution >= 4 is 5.78 Å². The summed E-state index contributed by atoms with van der Waals surface area (Å²) in [5.41, 5.74) is 5.67. The maximum Gasteiger partial charge on any atom is 0.140 e. The summed E-state index contributed by atoms with van der Waals surface area (Å²) in [7, 11) is 0. The van der Waals surface area contributed by atoms with Crippen LogP contribution >= 0.6 is 0 Å². The van der Waals surface area contributed by atoms with E-state index in [4.69, 9.17) is 5.73 Å². The second-order valence-electron chi connectivity index (χ2n) is 5.08. The van der Waals surface area contributed by atoms with E-state index in [0.29, 0.717) is 18.2 Å². The number of carbonyl (C=O) groups excluding carboxylic acids is 1. The quantitative estimate of drug-likeness (QED) is 0.760. The van der Waals surface area contributed by atoms with E-state index in [1.54, 1.807) is 0 Å². The highest BCUT2D eigenvalue weighted by atomic mass is 16.1. The van der Waals surface area contributed by atoms with E-state index in [1.807, 2.05) is 0 Å². The van der Waals surface area contributed by atoms with Crippen LogP contribution in [0.4, 0.5) is 0 Å². The van der Waals surface area contributed by atoms with Crippen molar-refractivity contribution in [1.82, 2.24) is 0 Å². The number of ketones is 1. The van der Waals surface area contributed by atoms with Gasteiger partial charge in [-0.25, -0.2) is 0 Å². The second-order valence-corrected chi connectivity index (χ2v) is 5.08. The molecule has 0 saturated heterocycles. The Morgan fingerprint density at radius 2 is 1.93 bits per heavy atom. The Labute approximate surface area is 93.6 Å². The van der Waals surface area contributed by atoms with Gasteiger partial charge in [0.15, 0.2) is 0 Å². The van der Waals surface area contributed by atoms with E-state index in [2.05, 4.69) is 13.8 Å². The predicted molar refractivity (Wildman–Crippen MR) is 63.6 cm³/mol.